The first kappa shape index (κ1) is 29.1. The molecule has 1 aromatic heterocycles. The van der Waals surface area contributed by atoms with Gasteiger partial charge >= 0.3 is 0 Å². The third-order valence-electron chi connectivity index (χ3n) is 11.0. The van der Waals surface area contributed by atoms with Crippen LogP contribution in [0.4, 0.5) is 0 Å². The quantitative estimate of drug-likeness (QED) is 0.348. The summed E-state index contributed by atoms with van der Waals surface area (Å²) in [6.07, 6.45) is 9.52. The van der Waals surface area contributed by atoms with Gasteiger partial charge in [0, 0.05) is 40.7 Å². The largest absolute Gasteiger partial charge is 0.497 e. The highest BCUT2D eigenvalue weighted by atomic mass is 32.2. The van der Waals surface area contributed by atoms with Crippen LogP contribution < -0.4 is 9.46 Å². The molecule has 3 fully saturated rings. The Hall–Kier alpha value is -3.31. The van der Waals surface area contributed by atoms with Gasteiger partial charge in [-0.05, 0) is 98.9 Å². The van der Waals surface area contributed by atoms with E-state index in [1.165, 1.54) is 31.4 Å². The van der Waals surface area contributed by atoms with Crippen LogP contribution in [0, 0.1) is 0 Å². The topological polar surface area (TPSA) is 115 Å². The number of sulfonamides is 2. The number of rotatable bonds is 7. The number of carbonyl (C=O) groups excluding carboxylic acids is 1. The van der Waals surface area contributed by atoms with Crippen molar-refractivity contribution in [1.29, 1.82) is 0 Å². The molecule has 3 aliphatic heterocycles. The normalized spacial score (nSPS) is 24.4. The van der Waals surface area contributed by atoms with E-state index in [2.05, 4.69) is 15.4 Å². The van der Waals surface area contributed by atoms with E-state index in [1.807, 2.05) is 24.4 Å². The van der Waals surface area contributed by atoms with Crippen molar-refractivity contribution >= 4 is 36.9 Å². The van der Waals surface area contributed by atoms with E-state index >= 15 is 0 Å². The Labute approximate surface area is 264 Å². The SMILES string of the molecule is COc1ccc2c(c1)C1CC1(S(=O)(=O)N1C=C3CC1C3)Cn1c-2c(C2CCCCC2)c2ccc(C(=O)NS(=O)(=O)C(C)C)cc21. The van der Waals surface area contributed by atoms with Gasteiger partial charge in [-0.25, -0.2) is 21.6 Å². The van der Waals surface area contributed by atoms with Crippen molar-refractivity contribution in [3.8, 4) is 17.0 Å². The Bertz CT molecular complexity index is 2020. The van der Waals surface area contributed by atoms with E-state index in [4.69, 9.17) is 4.74 Å². The van der Waals surface area contributed by atoms with Crippen LogP contribution >= 0.6 is 0 Å². The molecule has 2 bridgehead atoms. The highest BCUT2D eigenvalue weighted by Crippen LogP contribution is 2.65. The smallest absolute Gasteiger partial charge is 0.264 e. The number of amides is 1. The molecule has 4 heterocycles. The summed E-state index contributed by atoms with van der Waals surface area (Å²) in [5.74, 6) is 0.118. The van der Waals surface area contributed by atoms with Gasteiger partial charge in [-0.1, -0.05) is 25.3 Å². The van der Waals surface area contributed by atoms with Crippen molar-refractivity contribution in [3.63, 3.8) is 0 Å². The second kappa shape index (κ2) is 9.84. The molecule has 9 nitrogen and oxygen atoms in total. The number of carbonyl (C=O) groups is 1. The minimum absolute atomic E-state index is 0.00513. The predicted octanol–water partition coefficient (Wildman–Crippen LogP) is 5.76. The molecule has 1 N–H and O–H groups in total. The molecule has 11 heteroatoms. The van der Waals surface area contributed by atoms with Gasteiger partial charge in [-0.2, -0.15) is 0 Å². The molecule has 2 atom stereocenters. The van der Waals surface area contributed by atoms with Crippen molar-refractivity contribution in [3.05, 3.63) is 64.9 Å². The maximum atomic E-state index is 14.7. The Balaban J connectivity index is 1.36. The van der Waals surface area contributed by atoms with Gasteiger partial charge in [0.15, 0.2) is 0 Å². The molecular formula is C34H39N3O6S2. The second-order valence-corrected chi connectivity index (χ2v) is 18.3. The van der Waals surface area contributed by atoms with Crippen LogP contribution in [0.15, 0.2) is 48.2 Å². The van der Waals surface area contributed by atoms with Crippen molar-refractivity contribution in [2.24, 2.45) is 0 Å². The summed E-state index contributed by atoms with van der Waals surface area (Å²) in [6, 6.07) is 11.4. The molecule has 1 amide bonds. The molecule has 9 rings (SSSR count). The van der Waals surface area contributed by atoms with E-state index in [0.29, 0.717) is 18.1 Å². The lowest BCUT2D eigenvalue weighted by molar-refractivity contribution is 0.0981. The number of hydrogen-bond donors (Lipinski definition) is 1. The fourth-order valence-electron chi connectivity index (χ4n) is 8.34. The summed E-state index contributed by atoms with van der Waals surface area (Å²) in [6.45, 7) is 3.32. The van der Waals surface area contributed by atoms with Gasteiger partial charge in [-0.3, -0.25) is 9.10 Å². The Morgan fingerprint density at radius 1 is 1.02 bits per heavy atom. The van der Waals surface area contributed by atoms with E-state index in [0.717, 1.165) is 66.2 Å². The average Bonchev–Trinajstić information content (AvgIpc) is 3.25. The van der Waals surface area contributed by atoms with Gasteiger partial charge in [0.05, 0.1) is 24.1 Å². The van der Waals surface area contributed by atoms with Crippen molar-refractivity contribution in [2.45, 2.75) is 99.6 Å². The fraction of sp³-hybridized carbons (Fsp3) is 0.500. The zero-order chi connectivity index (χ0) is 31.5. The third-order valence-corrected chi connectivity index (χ3v) is 15.3. The number of ether oxygens (including phenoxy) is 1. The number of hydrogen-bond acceptors (Lipinski definition) is 6. The van der Waals surface area contributed by atoms with Crippen molar-refractivity contribution < 1.29 is 26.4 Å². The average molecular weight is 650 g/mol. The van der Waals surface area contributed by atoms with Crippen LogP contribution in [-0.4, -0.2) is 54.8 Å². The first-order chi connectivity index (χ1) is 21.4. The lowest BCUT2D eigenvalue weighted by Crippen LogP contribution is -2.44. The molecule has 0 saturated heterocycles. The van der Waals surface area contributed by atoms with Gasteiger partial charge < -0.3 is 9.30 Å². The molecule has 3 aromatic rings. The monoisotopic (exact) mass is 649 g/mol. The lowest BCUT2D eigenvalue weighted by atomic mass is 9.81. The molecule has 3 aliphatic carbocycles. The fourth-order valence-corrected chi connectivity index (χ4v) is 11.4. The van der Waals surface area contributed by atoms with Crippen LogP contribution in [0.25, 0.3) is 22.2 Å². The van der Waals surface area contributed by atoms with Gasteiger partial charge in [-0.15, -0.1) is 0 Å². The minimum Gasteiger partial charge on any atom is -0.497 e. The summed E-state index contributed by atoms with van der Waals surface area (Å²) in [4.78, 5) is 13.3. The summed E-state index contributed by atoms with van der Waals surface area (Å²) in [7, 11) is -5.93. The second-order valence-electron chi connectivity index (χ2n) is 13.9. The molecule has 6 aliphatic rings. The number of nitrogens with zero attached hydrogens (tertiary/aromatic N) is 2. The molecule has 45 heavy (non-hydrogen) atoms. The predicted molar refractivity (Wildman–Crippen MR) is 173 cm³/mol. The maximum absolute atomic E-state index is 14.7. The summed E-state index contributed by atoms with van der Waals surface area (Å²) in [5.41, 5.74) is 6.43. The van der Waals surface area contributed by atoms with Gasteiger partial charge in [0.25, 0.3) is 5.91 Å². The number of aromatic nitrogens is 1. The van der Waals surface area contributed by atoms with Crippen molar-refractivity contribution in [1.82, 2.24) is 13.6 Å². The van der Waals surface area contributed by atoms with E-state index < -0.39 is 36.0 Å². The molecule has 0 spiro atoms. The number of fused-ring (bicyclic) bond motifs is 8. The van der Waals surface area contributed by atoms with Crippen LogP contribution in [0.1, 0.15) is 98.5 Å². The number of benzene rings is 2. The van der Waals surface area contributed by atoms with E-state index in [1.54, 1.807) is 23.5 Å². The van der Waals surface area contributed by atoms with Crippen molar-refractivity contribution in [2.75, 3.05) is 7.11 Å². The highest BCUT2D eigenvalue weighted by Gasteiger charge is 2.69. The molecular weight excluding hydrogens is 611 g/mol. The first-order valence-corrected chi connectivity index (χ1v) is 19.1. The Morgan fingerprint density at radius 2 is 1.78 bits per heavy atom. The molecule has 238 valence electrons. The minimum atomic E-state index is -3.83. The number of methoxy groups -OCH3 is 1. The Kier molecular flexibility index (Phi) is 6.37. The molecule has 2 aromatic carbocycles. The lowest BCUT2D eigenvalue weighted by Gasteiger charge is -2.31. The highest BCUT2D eigenvalue weighted by molar-refractivity contribution is 7.91. The molecule has 2 unspecified atom stereocenters. The van der Waals surface area contributed by atoms with E-state index in [9.17, 15) is 21.6 Å². The summed E-state index contributed by atoms with van der Waals surface area (Å²) in [5, 5.41) is 0.240. The van der Waals surface area contributed by atoms with Crippen LogP contribution in [0.2, 0.25) is 0 Å². The molecule has 3 saturated carbocycles. The Morgan fingerprint density at radius 3 is 2.44 bits per heavy atom. The summed E-state index contributed by atoms with van der Waals surface area (Å²) >= 11 is 0. The number of nitrogens with one attached hydrogen (secondary N) is 1. The summed E-state index contributed by atoms with van der Waals surface area (Å²) < 4.78 is 65.1. The van der Waals surface area contributed by atoms with E-state index in [-0.39, 0.29) is 24.1 Å². The van der Waals surface area contributed by atoms with Gasteiger partial charge in [0.1, 0.15) is 10.5 Å². The van der Waals surface area contributed by atoms with Crippen LogP contribution in [0.5, 0.6) is 5.75 Å². The molecule has 0 radical (unpaired) electrons. The third kappa shape index (κ3) is 4.18. The first-order valence-electron chi connectivity index (χ1n) is 16.1. The van der Waals surface area contributed by atoms with Gasteiger partial charge in [0.2, 0.25) is 20.0 Å². The standard InChI is InChI=1S/C34H39N3O6S2/c1-20(2)44(39,40)35-33(38)23-9-11-27-30(15-23)36-19-34(45(41,42)37-18-21-13-24(37)14-21)17-29(34)28-16-25(43-3)10-12-26(28)32(36)31(27)22-7-5-4-6-8-22/h9-12,15-16,18,20,22,24,29H,4-8,13-14,17,19H2,1-3H3,(H,35,38). The van der Waals surface area contributed by atoms with Crippen LogP contribution in [-0.2, 0) is 26.6 Å². The van der Waals surface area contributed by atoms with Crippen LogP contribution in [0.3, 0.4) is 0 Å². The zero-order valence-corrected chi connectivity index (χ0v) is 27.5. The maximum Gasteiger partial charge on any atom is 0.264 e. The zero-order valence-electron chi connectivity index (χ0n) is 25.9.